The molecule has 0 saturated heterocycles. The summed E-state index contributed by atoms with van der Waals surface area (Å²) in [7, 11) is 0. The average Bonchev–Trinajstić information content (AvgIpc) is 3.66. The number of nitrogens with two attached hydrogens (primary N) is 1. The largest absolute Gasteiger partial charge is 0.420 e. The number of ether oxygens (including phenoxy) is 11. The van der Waals surface area contributed by atoms with E-state index in [9.17, 15) is 31.9 Å². The van der Waals surface area contributed by atoms with E-state index in [1.165, 1.54) is 0 Å². The van der Waals surface area contributed by atoms with Gasteiger partial charge >= 0.3 is 5.97 Å². The predicted octanol–water partition coefficient (Wildman–Crippen LogP) is 5.37. The van der Waals surface area contributed by atoms with Crippen LogP contribution in [0, 0.1) is 23.3 Å². The molecule has 2 aromatic carbocycles. The van der Waals surface area contributed by atoms with Crippen molar-refractivity contribution < 1.29 is 93.7 Å². The van der Waals surface area contributed by atoms with E-state index >= 15 is 0 Å². The monoisotopic (exact) mass is 1150 g/mol. The maximum atomic E-state index is 13.8. The van der Waals surface area contributed by atoms with Crippen LogP contribution in [-0.4, -0.2) is 189 Å². The van der Waals surface area contributed by atoms with Crippen molar-refractivity contribution in [1.82, 2.24) is 20.6 Å². The van der Waals surface area contributed by atoms with Gasteiger partial charge in [0.25, 0.3) is 0 Å². The second-order valence-electron chi connectivity index (χ2n) is 16.0. The van der Waals surface area contributed by atoms with Crippen molar-refractivity contribution in [2.75, 3.05) is 145 Å². The number of hydrogen-bond acceptors (Lipinski definition) is 21. The highest BCUT2D eigenvalue weighted by Crippen LogP contribution is 2.35. The first-order valence-corrected chi connectivity index (χ1v) is 26.4. The Balaban J connectivity index is 0.000000577. The zero-order valence-electron chi connectivity index (χ0n) is 45.1. The van der Waals surface area contributed by atoms with E-state index in [1.807, 2.05) is 31.2 Å². The predicted molar refractivity (Wildman–Crippen MR) is 284 cm³/mol. The van der Waals surface area contributed by atoms with Crippen LogP contribution in [0.2, 0.25) is 0 Å². The number of carbonyl (C=O) groups is 3. The van der Waals surface area contributed by atoms with Gasteiger partial charge in [-0.15, -0.1) is 0 Å². The minimum Gasteiger partial charge on any atom is -0.420 e. The molecule has 79 heavy (non-hydrogen) atoms. The van der Waals surface area contributed by atoms with E-state index in [2.05, 4.69) is 37.3 Å². The first-order chi connectivity index (χ1) is 38.4. The van der Waals surface area contributed by atoms with E-state index in [4.69, 9.17) is 62.8 Å². The van der Waals surface area contributed by atoms with E-state index in [-0.39, 0.29) is 45.5 Å². The van der Waals surface area contributed by atoms with E-state index in [0.29, 0.717) is 141 Å². The number of halogens is 4. The van der Waals surface area contributed by atoms with Crippen molar-refractivity contribution in [2.45, 2.75) is 57.9 Å². The van der Waals surface area contributed by atoms with Crippen molar-refractivity contribution in [3.63, 3.8) is 0 Å². The molecular formula is C52H76F4N6O16S. The van der Waals surface area contributed by atoms with Gasteiger partial charge in [0, 0.05) is 67.3 Å². The lowest BCUT2D eigenvalue weighted by Crippen LogP contribution is -2.27. The molecule has 2 heterocycles. The molecule has 0 aliphatic carbocycles. The third-order valence-electron chi connectivity index (χ3n) is 9.84. The number of rotatable bonds is 41. The number of fused-ring (bicyclic) bond motifs is 1. The summed E-state index contributed by atoms with van der Waals surface area (Å²) in [5.41, 5.74) is 9.86. The first-order valence-electron chi connectivity index (χ1n) is 25.7. The Labute approximate surface area is 462 Å². The Bertz CT molecular complexity index is 2200. The Morgan fingerprint density at radius 3 is 1.52 bits per heavy atom. The lowest BCUT2D eigenvalue weighted by molar-refractivity contribution is -0.136. The molecule has 1 aliphatic heterocycles. The maximum absolute atomic E-state index is 13.8. The third-order valence-corrected chi connectivity index (χ3v) is 10.4. The molecule has 0 atom stereocenters. The van der Waals surface area contributed by atoms with Gasteiger partial charge in [-0.1, -0.05) is 26.0 Å². The molecule has 2 amide bonds. The molecule has 6 N–H and O–H groups in total. The van der Waals surface area contributed by atoms with Crippen LogP contribution in [0.3, 0.4) is 0 Å². The minimum atomic E-state index is -1.94. The van der Waals surface area contributed by atoms with Crippen LogP contribution in [0.25, 0.3) is 17.2 Å². The number of benzene rings is 2. The van der Waals surface area contributed by atoms with Gasteiger partial charge in [-0.3, -0.25) is 14.4 Å². The number of aliphatic imine (C=N–C) groups is 1. The molecular weight excluding hydrogens is 1070 g/mol. The van der Waals surface area contributed by atoms with Crippen LogP contribution in [0.1, 0.15) is 57.8 Å². The maximum Gasteiger partial charge on any atom is 0.313 e. The zero-order valence-corrected chi connectivity index (χ0v) is 45.9. The highest BCUT2D eigenvalue weighted by Gasteiger charge is 2.28. The highest BCUT2D eigenvalue weighted by atomic mass is 32.2. The second-order valence-corrected chi connectivity index (χ2v) is 16.6. The van der Waals surface area contributed by atoms with Crippen LogP contribution < -0.4 is 21.1 Å². The molecule has 0 spiro atoms. The second kappa shape index (κ2) is 45.5. The number of aliphatic hydroxyl groups is 1. The minimum absolute atomic E-state index is 0.103. The van der Waals surface area contributed by atoms with Crippen LogP contribution in [0.15, 0.2) is 46.1 Å². The average molecular weight is 1150 g/mol. The summed E-state index contributed by atoms with van der Waals surface area (Å²) < 4.78 is 122. The Kier molecular flexibility index (Phi) is 40.2. The molecule has 0 saturated carbocycles. The lowest BCUT2D eigenvalue weighted by atomic mass is 10.0. The fourth-order valence-corrected chi connectivity index (χ4v) is 6.44. The molecule has 0 fully saturated rings. The summed E-state index contributed by atoms with van der Waals surface area (Å²) in [5.74, 6) is -9.55. The van der Waals surface area contributed by atoms with E-state index < -0.39 is 58.3 Å². The number of aliphatic hydroxyl groups excluding tert-OH is 1. The third kappa shape index (κ3) is 30.8. The molecule has 27 heteroatoms. The van der Waals surface area contributed by atoms with Crippen LogP contribution in [0.4, 0.5) is 23.2 Å². The van der Waals surface area contributed by atoms with Gasteiger partial charge in [0.05, 0.1) is 144 Å². The Hall–Kier alpha value is -5.27. The topological polar surface area (TPSA) is 281 Å². The van der Waals surface area contributed by atoms with Crippen LogP contribution in [0.5, 0.6) is 5.75 Å². The standard InChI is InChI=1S/C30H48F4O13S.C20H22N6O2.C2H6O/c1-2-4-37-6-8-39-10-12-41-14-16-43-18-20-45-22-23-46-21-19-44-17-15-42-13-11-40-9-7-38-5-3-24(35)47-29-25(31)27(33)30(48-36)28(34)26(29)32;1-2-5-23-20(28)15-6-14-4-3-13(7-17(14)26-18(21)8-15)16-9-24-19(25-10-16)11-22-12-27;1-2-3/h36H,2-23H2,1H3;3-4,6-7,9-10,12H,2,5,8,11H2,1H3,(H2,21,26)(H,22,27)(H,23,28);3H,2H2,1H3. The van der Waals surface area contributed by atoms with Gasteiger partial charge in [0.2, 0.25) is 29.7 Å². The number of amidine groups is 1. The SMILES string of the molecule is CCCNC(=O)C1=Cc2ccc(-c3cnc(CNC=O)nc3)cc2N=C(N)C1.CCCOCCOCCOCCOCCOCCOCCOCCOCCOCCOCCC(=O)Oc1c(F)c(F)c(SO)c(F)c1F.CCO. The van der Waals surface area contributed by atoms with Gasteiger partial charge in [-0.25, -0.2) is 23.7 Å². The number of carbonyl (C=O) groups excluding carboxylic acids is 3. The number of nitrogens with one attached hydrogen (secondary N) is 2. The van der Waals surface area contributed by atoms with Gasteiger partial charge in [-0.05, 0) is 37.5 Å². The zero-order chi connectivity index (χ0) is 57.7. The molecule has 3 aromatic rings. The molecule has 4 rings (SSSR count). The van der Waals surface area contributed by atoms with Crippen molar-refractivity contribution in [3.8, 4) is 16.9 Å². The Morgan fingerprint density at radius 1 is 0.658 bits per heavy atom. The molecule has 1 aromatic heterocycles. The molecule has 0 unspecified atom stereocenters. The van der Waals surface area contributed by atoms with E-state index in [1.54, 1.807) is 19.3 Å². The summed E-state index contributed by atoms with van der Waals surface area (Å²) >= 11 is -0.514. The van der Waals surface area contributed by atoms with Crippen molar-refractivity contribution >= 4 is 47.9 Å². The highest BCUT2D eigenvalue weighted by molar-refractivity contribution is 7.93. The quantitative estimate of drug-likeness (QED) is 0.00908. The lowest BCUT2D eigenvalue weighted by Gasteiger charge is -2.10. The van der Waals surface area contributed by atoms with E-state index in [0.717, 1.165) is 36.1 Å². The number of aromatic nitrogens is 2. The number of esters is 1. The number of amides is 2. The summed E-state index contributed by atoms with van der Waals surface area (Å²) in [6, 6.07) is 5.73. The molecule has 444 valence electrons. The summed E-state index contributed by atoms with van der Waals surface area (Å²) in [6.45, 7) is 15.0. The summed E-state index contributed by atoms with van der Waals surface area (Å²) in [5, 5.41) is 13.0. The number of hydrogen-bond donors (Lipinski definition) is 5. The smallest absolute Gasteiger partial charge is 0.313 e. The molecule has 22 nitrogen and oxygen atoms in total. The molecule has 0 radical (unpaired) electrons. The van der Waals surface area contributed by atoms with Crippen molar-refractivity contribution in [2.24, 2.45) is 10.7 Å². The van der Waals surface area contributed by atoms with Gasteiger partial charge in [-0.2, -0.15) is 8.78 Å². The van der Waals surface area contributed by atoms with Crippen LogP contribution >= 0.6 is 12.0 Å². The van der Waals surface area contributed by atoms with Crippen molar-refractivity contribution in [1.29, 1.82) is 0 Å². The molecule has 1 aliphatic rings. The van der Waals surface area contributed by atoms with Gasteiger partial charge in [0.1, 0.15) is 16.6 Å². The summed E-state index contributed by atoms with van der Waals surface area (Å²) in [6.07, 6.45) is 7.56. The fraction of sp³-hybridized carbons (Fsp3) is 0.577. The number of nitrogens with zero attached hydrogens (tertiary/aromatic N) is 3. The summed E-state index contributed by atoms with van der Waals surface area (Å²) in [4.78, 5) is 46.1. The Morgan fingerprint density at radius 2 is 1.10 bits per heavy atom. The normalized spacial score (nSPS) is 11.8. The first kappa shape index (κ1) is 69.8. The fourth-order valence-electron chi connectivity index (χ4n) is 6.10. The molecule has 0 bridgehead atoms. The van der Waals surface area contributed by atoms with Gasteiger partial charge in [0.15, 0.2) is 11.6 Å². The van der Waals surface area contributed by atoms with Crippen LogP contribution in [-0.2, 0) is 68.3 Å². The van der Waals surface area contributed by atoms with Gasteiger partial charge < -0.3 is 78.1 Å². The van der Waals surface area contributed by atoms with Crippen molar-refractivity contribution in [3.05, 3.63) is 70.8 Å².